The number of nitrogens with zero attached hydrogens (tertiary/aromatic N) is 2. The minimum atomic E-state index is -2.77. The molecule has 2 nitrogen and oxygen atoms in total. The van der Waals surface area contributed by atoms with Gasteiger partial charge in [0.2, 0.25) is 0 Å². The van der Waals surface area contributed by atoms with E-state index in [0.717, 1.165) is 11.4 Å². The van der Waals surface area contributed by atoms with Gasteiger partial charge in [-0.3, -0.25) is 0 Å². The van der Waals surface area contributed by atoms with Crippen molar-refractivity contribution in [3.05, 3.63) is 340 Å². The van der Waals surface area contributed by atoms with Crippen molar-refractivity contribution < 1.29 is 0 Å². The fourth-order valence-electron chi connectivity index (χ4n) is 15.5. The summed E-state index contributed by atoms with van der Waals surface area (Å²) in [6.45, 7) is 0. The molecule has 18 rings (SSSR count). The summed E-state index contributed by atoms with van der Waals surface area (Å²) < 4.78 is 10.9. The van der Waals surface area contributed by atoms with E-state index >= 15 is 0 Å². The summed E-state index contributed by atoms with van der Waals surface area (Å²) in [6, 6.07) is 129. The number of benzene rings is 14. The summed E-state index contributed by atoms with van der Waals surface area (Å²) in [7, 11) is -5.55. The second kappa shape index (κ2) is 21.4. The monoisotopic (exact) mass is 1310 g/mol. The van der Waals surface area contributed by atoms with Gasteiger partial charge in [0.25, 0.3) is 0 Å². The van der Waals surface area contributed by atoms with Crippen LogP contribution in [0.5, 0.6) is 0 Å². The molecular weight excluding hydrogens is 1250 g/mol. The Bertz CT molecular complexity index is 5190. The predicted octanol–water partition coefficient (Wildman–Crippen LogP) is 15.0. The number of hydrogen-bond donors (Lipinski definition) is 0. The molecule has 0 saturated heterocycles. The first-order chi connectivity index (χ1) is 44.7. The average molecular weight is 1310 g/mol. The first-order valence-corrected chi connectivity index (χ1v) is 38.4. The summed E-state index contributed by atoms with van der Waals surface area (Å²) in [4.78, 5) is 0. The van der Waals surface area contributed by atoms with Gasteiger partial charge in [-0.05, 0) is 0 Å². The SMILES string of the molecule is c1ccc([Si](c2ccccc2)(c2ccccc2)c2cccc3c2[se]c2ccc4c(c5ccccc5n4-c4ccc(-c5ccc(-n6c7ccccc7c7c8c(ccc76)[se]c6c([Si](c7ccccc7)(c7ccccc7)c7ccccc7)cccc68)cc5)cc4)c23)cc1. The quantitative estimate of drug-likeness (QED) is 0.0902. The molecule has 0 atom stereocenters. The van der Waals surface area contributed by atoms with Gasteiger partial charge in [-0.25, -0.2) is 0 Å². The third-order valence-corrected chi connectivity index (χ3v) is 34.7. The number of para-hydroxylation sites is 2. The number of rotatable bonds is 11. The Labute approximate surface area is 536 Å². The van der Waals surface area contributed by atoms with Gasteiger partial charge in [-0.2, -0.15) is 0 Å². The maximum atomic E-state index is 2.50. The molecule has 4 aromatic heterocycles. The Kier molecular flexibility index (Phi) is 12.7. The van der Waals surface area contributed by atoms with Crippen molar-refractivity contribution in [2.24, 2.45) is 0 Å². The van der Waals surface area contributed by atoms with Crippen LogP contribution in [-0.4, -0.2) is 54.3 Å². The van der Waals surface area contributed by atoms with Crippen molar-refractivity contribution in [1.82, 2.24) is 9.13 Å². The van der Waals surface area contributed by atoms with E-state index in [2.05, 4.69) is 349 Å². The Morgan fingerprint density at radius 1 is 0.211 bits per heavy atom. The van der Waals surface area contributed by atoms with Crippen molar-refractivity contribution >= 4 is 169 Å². The van der Waals surface area contributed by atoms with Crippen LogP contribution in [0.3, 0.4) is 0 Å². The van der Waals surface area contributed by atoms with E-state index in [0.29, 0.717) is 0 Å². The molecule has 6 heteroatoms. The zero-order chi connectivity index (χ0) is 59.3. The molecule has 0 spiro atoms. The Balaban J connectivity index is 0.741. The van der Waals surface area contributed by atoms with E-state index in [9.17, 15) is 0 Å². The standard InChI is InChI=1S/C84H56N2Se2Si2/c1-7-25-61(26-8-1)89(62-27-9-2-10-28-62,63-29-11-3-12-30-63)77-43-23-39-69-81-75(87-83(69)77)55-53-73-79(81)67-37-19-21-41-71(67)85(73)59-49-45-57(46-50-59)58-47-51-60(52-48-58)86-72-42-22-20-38-68(72)80-74(86)54-56-76-82(80)70-40-24-44-78(84(70)88-76)90(64-31-13-4-14-32-64,65-33-15-5-16-34-65)66-35-17-6-18-36-66/h1-56H. The van der Waals surface area contributed by atoms with Crippen LogP contribution in [0.15, 0.2) is 340 Å². The Morgan fingerprint density at radius 2 is 0.500 bits per heavy atom. The summed E-state index contributed by atoms with van der Waals surface area (Å²) >= 11 is 0.186. The third kappa shape index (κ3) is 7.93. The zero-order valence-electron chi connectivity index (χ0n) is 49.0. The van der Waals surface area contributed by atoms with Gasteiger partial charge in [0, 0.05) is 0 Å². The second-order valence-electron chi connectivity index (χ2n) is 23.7. The molecule has 14 aromatic carbocycles. The maximum absolute atomic E-state index is 2.77. The number of fused-ring (bicyclic) bond motifs is 14. The minimum absolute atomic E-state index is 0.0932. The predicted molar refractivity (Wildman–Crippen MR) is 392 cm³/mol. The van der Waals surface area contributed by atoms with E-state index in [1.54, 1.807) is 0 Å². The molecule has 90 heavy (non-hydrogen) atoms. The van der Waals surface area contributed by atoms with Crippen LogP contribution in [0.1, 0.15) is 0 Å². The molecule has 18 aromatic rings. The molecular formula is C84H56N2Se2Si2. The van der Waals surface area contributed by atoms with Crippen LogP contribution >= 0.6 is 0 Å². The van der Waals surface area contributed by atoms with Crippen molar-refractivity contribution in [3.8, 4) is 22.5 Å². The molecule has 0 aliphatic carbocycles. The summed E-state index contributed by atoms with van der Waals surface area (Å²) in [5.41, 5.74) is 9.61. The van der Waals surface area contributed by atoms with Gasteiger partial charge in [0.1, 0.15) is 0 Å². The van der Waals surface area contributed by atoms with Crippen LogP contribution in [-0.2, 0) is 0 Å². The molecule has 0 bridgehead atoms. The molecule has 0 saturated carbocycles. The summed E-state index contributed by atoms with van der Waals surface area (Å²) in [5.74, 6) is 0. The van der Waals surface area contributed by atoms with E-state index in [1.165, 1.54) is 135 Å². The molecule has 0 aliphatic heterocycles. The molecule has 0 unspecified atom stereocenters. The molecule has 0 amide bonds. The Hall–Kier alpha value is -9.85. The van der Waals surface area contributed by atoms with Gasteiger partial charge in [0.15, 0.2) is 0 Å². The van der Waals surface area contributed by atoms with Crippen molar-refractivity contribution in [1.29, 1.82) is 0 Å². The van der Waals surface area contributed by atoms with E-state index in [4.69, 9.17) is 0 Å². The molecule has 422 valence electrons. The zero-order valence-corrected chi connectivity index (χ0v) is 54.5. The van der Waals surface area contributed by atoms with Gasteiger partial charge >= 0.3 is 540 Å². The van der Waals surface area contributed by atoms with Crippen molar-refractivity contribution in [3.63, 3.8) is 0 Å². The van der Waals surface area contributed by atoms with E-state index in [1.807, 2.05) is 0 Å². The fourth-order valence-corrected chi connectivity index (χ4v) is 32.4. The molecule has 0 fully saturated rings. The van der Waals surface area contributed by atoms with E-state index in [-0.39, 0.29) is 29.0 Å². The molecule has 4 heterocycles. The number of hydrogen-bond acceptors (Lipinski definition) is 0. The van der Waals surface area contributed by atoms with Crippen LogP contribution < -0.4 is 41.5 Å². The Morgan fingerprint density at radius 3 is 0.822 bits per heavy atom. The average Bonchev–Trinajstić information content (AvgIpc) is 1.40. The van der Waals surface area contributed by atoms with Crippen LogP contribution in [0.4, 0.5) is 0 Å². The molecule has 0 N–H and O–H groups in total. The van der Waals surface area contributed by atoms with Crippen LogP contribution in [0.2, 0.25) is 0 Å². The second-order valence-corrected chi connectivity index (χ2v) is 35.7. The summed E-state index contributed by atoms with van der Waals surface area (Å²) in [6.07, 6.45) is 0. The van der Waals surface area contributed by atoms with Crippen molar-refractivity contribution in [2.75, 3.05) is 0 Å². The van der Waals surface area contributed by atoms with Crippen LogP contribution in [0, 0.1) is 0 Å². The van der Waals surface area contributed by atoms with E-state index < -0.39 is 16.1 Å². The van der Waals surface area contributed by atoms with Gasteiger partial charge in [0.05, 0.1) is 0 Å². The molecule has 0 radical (unpaired) electrons. The van der Waals surface area contributed by atoms with Gasteiger partial charge in [-0.15, -0.1) is 0 Å². The summed E-state index contributed by atoms with van der Waals surface area (Å²) in [5, 5.41) is 22.3. The normalized spacial score (nSPS) is 12.2. The first-order valence-electron chi connectivity index (χ1n) is 31.0. The fraction of sp³-hybridized carbons (Fsp3) is 0. The van der Waals surface area contributed by atoms with Gasteiger partial charge < -0.3 is 0 Å². The first kappa shape index (κ1) is 53.2. The van der Waals surface area contributed by atoms with Crippen LogP contribution in [0.25, 0.3) is 105 Å². The topological polar surface area (TPSA) is 9.86 Å². The molecule has 0 aliphatic rings. The third-order valence-electron chi connectivity index (χ3n) is 19.2. The van der Waals surface area contributed by atoms with Gasteiger partial charge in [-0.1, -0.05) is 0 Å². The number of aromatic nitrogens is 2. The van der Waals surface area contributed by atoms with Crippen molar-refractivity contribution in [2.45, 2.75) is 0 Å².